The van der Waals surface area contributed by atoms with Crippen LogP contribution in [0.25, 0.3) is 16.6 Å². The molecule has 0 fully saturated rings. The number of aromatic amines is 1. The summed E-state index contributed by atoms with van der Waals surface area (Å²) >= 11 is 0. The van der Waals surface area contributed by atoms with E-state index in [0.29, 0.717) is 11.4 Å². The molecule has 3 rings (SSSR count). The summed E-state index contributed by atoms with van der Waals surface area (Å²) in [6.07, 6.45) is 4.39. The number of carbonyl (C=O) groups is 1. The van der Waals surface area contributed by atoms with Crippen molar-refractivity contribution >= 4 is 33.9 Å². The second kappa shape index (κ2) is 12.4. The van der Waals surface area contributed by atoms with Gasteiger partial charge in [-0.05, 0) is 59.2 Å². The largest absolute Gasteiger partial charge is 0.400 e. The second-order valence-electron chi connectivity index (χ2n) is 10.1. The third-order valence-electron chi connectivity index (χ3n) is 5.84. The number of aromatic nitrogens is 2. The second-order valence-corrected chi connectivity index (χ2v) is 10.1. The normalized spacial score (nSPS) is 13.5. The molecule has 0 saturated carbocycles. The molecule has 1 amide bonds. The number of anilines is 1. The zero-order valence-corrected chi connectivity index (χ0v) is 23.0. The van der Waals surface area contributed by atoms with Crippen LogP contribution in [0.4, 0.5) is 5.69 Å². The van der Waals surface area contributed by atoms with E-state index in [-0.39, 0.29) is 5.54 Å². The highest BCUT2D eigenvalue weighted by atomic mass is 16.1. The number of rotatable bonds is 7. The fraction of sp³-hybridized carbons (Fsp3) is 0.414. The Morgan fingerprint density at radius 2 is 1.75 bits per heavy atom. The molecule has 1 unspecified atom stereocenters. The van der Waals surface area contributed by atoms with Gasteiger partial charge in [-0.2, -0.15) is 5.10 Å². The minimum atomic E-state index is -0.675. The van der Waals surface area contributed by atoms with Gasteiger partial charge in [-0.25, -0.2) is 0 Å². The number of fused-ring (bicyclic) bond motifs is 1. The van der Waals surface area contributed by atoms with E-state index in [1.165, 1.54) is 12.8 Å². The maximum absolute atomic E-state index is 12.0. The molecule has 1 atom stereocenters. The van der Waals surface area contributed by atoms with E-state index in [1.807, 2.05) is 50.2 Å². The Bertz CT molecular complexity index is 1240. The highest BCUT2D eigenvalue weighted by Gasteiger charge is 2.22. The van der Waals surface area contributed by atoms with E-state index in [2.05, 4.69) is 50.1 Å². The summed E-state index contributed by atoms with van der Waals surface area (Å²) in [5.74, 6) is -1.18. The molecule has 36 heavy (non-hydrogen) atoms. The van der Waals surface area contributed by atoms with E-state index < -0.39 is 11.8 Å². The first kappa shape index (κ1) is 28.6. The number of hydrogen-bond donors (Lipinski definition) is 4. The van der Waals surface area contributed by atoms with E-state index in [0.717, 1.165) is 39.0 Å². The predicted molar refractivity (Wildman–Crippen MR) is 153 cm³/mol. The lowest BCUT2D eigenvalue weighted by molar-refractivity contribution is -0.120. The van der Waals surface area contributed by atoms with Crippen LogP contribution in [0, 0.1) is 12.8 Å². The van der Waals surface area contributed by atoms with Gasteiger partial charge in [0.1, 0.15) is 0 Å². The highest BCUT2D eigenvalue weighted by Crippen LogP contribution is 2.32. The lowest BCUT2D eigenvalue weighted by Crippen LogP contribution is -2.27. The van der Waals surface area contributed by atoms with Gasteiger partial charge >= 0.3 is 0 Å². The SMILES string of the molecule is CC(=N/C(=C(/N)C(C)C(N)=O)c1c(C)ccc2[nH]ncc12)c1ccccc1NC(C)(C)C.CCCC. The number of aryl methyl sites for hydroxylation is 1. The molecule has 7 heteroatoms. The number of amides is 1. The lowest BCUT2D eigenvalue weighted by Gasteiger charge is -2.24. The molecule has 0 aliphatic heterocycles. The van der Waals surface area contributed by atoms with Gasteiger partial charge in [-0.1, -0.05) is 51.0 Å². The monoisotopic (exact) mass is 490 g/mol. The van der Waals surface area contributed by atoms with Crippen molar-refractivity contribution in [2.45, 2.75) is 73.8 Å². The topological polar surface area (TPSA) is 122 Å². The molecule has 0 aliphatic carbocycles. The fourth-order valence-electron chi connectivity index (χ4n) is 3.60. The minimum absolute atomic E-state index is 0.118. The number of nitrogens with one attached hydrogen (secondary N) is 2. The average molecular weight is 491 g/mol. The number of nitrogens with two attached hydrogens (primary N) is 2. The zero-order valence-electron chi connectivity index (χ0n) is 23.0. The molecular formula is C29H42N6O. The first-order valence-corrected chi connectivity index (χ1v) is 12.6. The van der Waals surface area contributed by atoms with Crippen molar-refractivity contribution in [3.05, 3.63) is 65.0 Å². The number of nitrogens with zero attached hydrogens (tertiary/aromatic N) is 2. The van der Waals surface area contributed by atoms with Crippen molar-refractivity contribution in [2.75, 3.05) is 5.32 Å². The molecule has 1 aromatic heterocycles. The maximum atomic E-state index is 12.0. The van der Waals surface area contributed by atoms with Crippen molar-refractivity contribution in [3.8, 4) is 0 Å². The summed E-state index contributed by atoms with van der Waals surface area (Å²) < 4.78 is 0. The Kier molecular flexibility index (Phi) is 9.84. The average Bonchev–Trinajstić information content (AvgIpc) is 3.30. The zero-order chi connectivity index (χ0) is 27.0. The van der Waals surface area contributed by atoms with Crippen molar-refractivity contribution < 1.29 is 4.79 Å². The van der Waals surface area contributed by atoms with Gasteiger partial charge in [0, 0.05) is 39.1 Å². The van der Waals surface area contributed by atoms with Crippen LogP contribution < -0.4 is 16.8 Å². The van der Waals surface area contributed by atoms with Crippen molar-refractivity contribution in [3.63, 3.8) is 0 Å². The summed E-state index contributed by atoms with van der Waals surface area (Å²) in [6.45, 7) is 16.3. The fourth-order valence-corrected chi connectivity index (χ4v) is 3.60. The number of carbonyl (C=O) groups excluding carboxylic acids is 1. The number of aliphatic imine (C=N–C) groups is 1. The molecule has 0 radical (unpaired) electrons. The highest BCUT2D eigenvalue weighted by molar-refractivity contribution is 6.07. The Hall–Kier alpha value is -3.61. The number of para-hydroxylation sites is 1. The first-order valence-electron chi connectivity index (χ1n) is 12.6. The number of benzene rings is 2. The quantitative estimate of drug-likeness (QED) is 0.297. The Morgan fingerprint density at radius 1 is 1.11 bits per heavy atom. The molecule has 6 N–H and O–H groups in total. The Morgan fingerprint density at radius 3 is 2.33 bits per heavy atom. The van der Waals surface area contributed by atoms with Gasteiger partial charge in [-0.3, -0.25) is 14.9 Å². The van der Waals surface area contributed by atoms with Gasteiger partial charge in [0.25, 0.3) is 0 Å². The summed E-state index contributed by atoms with van der Waals surface area (Å²) in [5.41, 5.74) is 18.2. The van der Waals surface area contributed by atoms with Gasteiger partial charge in [0.15, 0.2) is 0 Å². The molecule has 0 spiro atoms. The number of unbranched alkanes of at least 4 members (excludes halogenated alkanes) is 1. The van der Waals surface area contributed by atoms with Crippen LogP contribution in [0.1, 0.15) is 78.0 Å². The van der Waals surface area contributed by atoms with E-state index in [9.17, 15) is 4.79 Å². The smallest absolute Gasteiger partial charge is 0.226 e. The van der Waals surface area contributed by atoms with Crippen LogP contribution in [0.5, 0.6) is 0 Å². The Balaban J connectivity index is 0.00000106. The van der Waals surface area contributed by atoms with Gasteiger partial charge < -0.3 is 16.8 Å². The standard InChI is InChI=1S/C25H32N6O.C4H10/c1-14-11-12-20-18(13-28-31-20)21(14)23(22(26)15(2)24(27)32)29-16(3)17-9-7-8-10-19(17)30-25(4,5)6;1-3-4-2/h7-13,15,30H,26H2,1-6H3,(H2,27,32)(H,28,31);3-4H2,1-2H3/b23-22+,29-16?;. The molecule has 0 bridgehead atoms. The molecule has 7 nitrogen and oxygen atoms in total. The maximum Gasteiger partial charge on any atom is 0.226 e. The molecule has 3 aromatic rings. The summed E-state index contributed by atoms with van der Waals surface area (Å²) in [6, 6.07) is 12.0. The number of H-pyrrole nitrogens is 1. The molecule has 0 aliphatic rings. The van der Waals surface area contributed by atoms with Crippen molar-refractivity contribution in [1.82, 2.24) is 10.2 Å². The first-order chi connectivity index (χ1) is 16.9. The van der Waals surface area contributed by atoms with Crippen molar-refractivity contribution in [1.29, 1.82) is 0 Å². The number of hydrogen-bond acceptors (Lipinski definition) is 5. The number of primary amides is 1. The van der Waals surface area contributed by atoms with E-state index >= 15 is 0 Å². The molecule has 0 saturated heterocycles. The third kappa shape index (κ3) is 7.20. The van der Waals surface area contributed by atoms with Crippen LogP contribution in [0.15, 0.2) is 53.3 Å². The predicted octanol–water partition coefficient (Wildman–Crippen LogP) is 6.15. The van der Waals surface area contributed by atoms with Crippen LogP contribution in [0.3, 0.4) is 0 Å². The van der Waals surface area contributed by atoms with Gasteiger partial charge in [0.05, 0.1) is 23.3 Å². The summed E-state index contributed by atoms with van der Waals surface area (Å²) in [7, 11) is 0. The van der Waals surface area contributed by atoms with Crippen LogP contribution in [0.2, 0.25) is 0 Å². The molecule has 194 valence electrons. The van der Waals surface area contributed by atoms with Crippen molar-refractivity contribution in [2.24, 2.45) is 22.4 Å². The van der Waals surface area contributed by atoms with Gasteiger partial charge in [0.2, 0.25) is 5.91 Å². The summed E-state index contributed by atoms with van der Waals surface area (Å²) in [4.78, 5) is 17.0. The van der Waals surface area contributed by atoms with Crippen LogP contribution in [-0.2, 0) is 4.79 Å². The molecular weight excluding hydrogens is 448 g/mol. The van der Waals surface area contributed by atoms with Crippen LogP contribution in [-0.4, -0.2) is 27.4 Å². The summed E-state index contributed by atoms with van der Waals surface area (Å²) in [5, 5.41) is 11.6. The minimum Gasteiger partial charge on any atom is -0.400 e. The van der Waals surface area contributed by atoms with E-state index in [1.54, 1.807) is 13.1 Å². The van der Waals surface area contributed by atoms with Gasteiger partial charge in [-0.15, -0.1) is 0 Å². The molecule has 1 heterocycles. The Labute approximate surface area is 215 Å². The van der Waals surface area contributed by atoms with E-state index in [4.69, 9.17) is 16.5 Å². The van der Waals surface area contributed by atoms with Crippen LogP contribution >= 0.6 is 0 Å². The third-order valence-corrected chi connectivity index (χ3v) is 5.84. The lowest BCUT2D eigenvalue weighted by atomic mass is 9.96. The molecule has 2 aromatic carbocycles.